The smallest absolute Gasteiger partial charge is 0.321 e. The Hall–Kier alpha value is -1.36. The average Bonchev–Trinajstić information content (AvgIpc) is 2.16. The van der Waals surface area contributed by atoms with Crippen LogP contribution in [0.1, 0.15) is 11.1 Å². The average molecular weight is 242 g/mol. The van der Waals surface area contributed by atoms with Crippen molar-refractivity contribution >= 4 is 15.8 Å². The number of hydrogen-bond acceptors (Lipinski definition) is 4. The van der Waals surface area contributed by atoms with Gasteiger partial charge in [0.25, 0.3) is 0 Å². The first kappa shape index (κ1) is 12.7. The van der Waals surface area contributed by atoms with Crippen LogP contribution < -0.4 is 0 Å². The number of aryl methyl sites for hydroxylation is 2. The minimum Gasteiger partial charge on any atom is -0.468 e. The van der Waals surface area contributed by atoms with Crippen LogP contribution in [-0.4, -0.2) is 27.2 Å². The number of rotatable bonds is 3. The highest BCUT2D eigenvalue weighted by molar-refractivity contribution is 7.92. The van der Waals surface area contributed by atoms with E-state index in [1.807, 2.05) is 6.92 Å². The predicted molar refractivity (Wildman–Crippen MR) is 60.0 cm³/mol. The van der Waals surface area contributed by atoms with E-state index in [1.165, 1.54) is 13.2 Å². The Morgan fingerprint density at radius 1 is 1.31 bits per heavy atom. The number of carbonyl (C=O) groups excluding carboxylic acids is 1. The summed E-state index contributed by atoms with van der Waals surface area (Å²) in [7, 11) is -2.43. The van der Waals surface area contributed by atoms with Crippen molar-refractivity contribution in [2.75, 3.05) is 12.9 Å². The first-order valence-corrected chi connectivity index (χ1v) is 6.39. The molecule has 1 aromatic carbocycles. The Bertz CT molecular complexity index is 503. The lowest BCUT2D eigenvalue weighted by molar-refractivity contribution is -0.137. The number of hydrogen-bond donors (Lipinski definition) is 0. The van der Waals surface area contributed by atoms with E-state index in [4.69, 9.17) is 0 Å². The Balaban J connectivity index is 3.13. The van der Waals surface area contributed by atoms with Crippen LogP contribution in [0.25, 0.3) is 0 Å². The molecule has 0 atom stereocenters. The van der Waals surface area contributed by atoms with Crippen LogP contribution in [0.15, 0.2) is 23.1 Å². The van der Waals surface area contributed by atoms with Crippen molar-refractivity contribution in [2.45, 2.75) is 18.7 Å². The molecule has 0 aromatic heterocycles. The molecule has 0 amide bonds. The van der Waals surface area contributed by atoms with Crippen LogP contribution >= 0.6 is 0 Å². The second-order valence-corrected chi connectivity index (χ2v) is 5.56. The molecule has 0 aliphatic rings. The molecule has 0 saturated heterocycles. The third-order valence-electron chi connectivity index (χ3n) is 2.20. The third kappa shape index (κ3) is 2.82. The van der Waals surface area contributed by atoms with Gasteiger partial charge in [-0.05, 0) is 25.5 Å². The summed E-state index contributed by atoms with van der Waals surface area (Å²) >= 11 is 0. The van der Waals surface area contributed by atoms with E-state index in [-0.39, 0.29) is 4.90 Å². The zero-order chi connectivity index (χ0) is 12.3. The fourth-order valence-corrected chi connectivity index (χ4v) is 2.85. The molecule has 0 unspecified atom stereocenters. The van der Waals surface area contributed by atoms with Gasteiger partial charge in [0.2, 0.25) is 0 Å². The summed E-state index contributed by atoms with van der Waals surface area (Å²) in [5.41, 5.74) is 1.62. The molecule has 0 aliphatic carbocycles. The largest absolute Gasteiger partial charge is 0.468 e. The Labute approximate surface area is 95.2 Å². The zero-order valence-corrected chi connectivity index (χ0v) is 10.3. The normalized spacial score (nSPS) is 11.2. The number of esters is 1. The quantitative estimate of drug-likeness (QED) is 0.748. The van der Waals surface area contributed by atoms with E-state index in [2.05, 4.69) is 4.74 Å². The van der Waals surface area contributed by atoms with Crippen molar-refractivity contribution < 1.29 is 17.9 Å². The van der Waals surface area contributed by atoms with Crippen LogP contribution in [0.3, 0.4) is 0 Å². The van der Waals surface area contributed by atoms with Gasteiger partial charge in [-0.15, -0.1) is 0 Å². The highest BCUT2D eigenvalue weighted by atomic mass is 32.2. The molecule has 0 fully saturated rings. The lowest BCUT2D eigenvalue weighted by Crippen LogP contribution is -2.18. The second kappa shape index (κ2) is 4.65. The zero-order valence-electron chi connectivity index (χ0n) is 9.48. The Morgan fingerprint density at radius 3 is 2.44 bits per heavy atom. The number of benzene rings is 1. The van der Waals surface area contributed by atoms with E-state index >= 15 is 0 Å². The fraction of sp³-hybridized carbons (Fsp3) is 0.364. The molecular weight excluding hydrogens is 228 g/mol. The maximum absolute atomic E-state index is 11.8. The first-order valence-electron chi connectivity index (χ1n) is 4.73. The highest BCUT2D eigenvalue weighted by Gasteiger charge is 2.21. The van der Waals surface area contributed by atoms with E-state index < -0.39 is 21.6 Å². The molecule has 88 valence electrons. The lowest BCUT2D eigenvalue weighted by atomic mass is 10.2. The Morgan fingerprint density at radius 2 is 1.94 bits per heavy atom. The van der Waals surface area contributed by atoms with E-state index in [0.29, 0.717) is 5.56 Å². The van der Waals surface area contributed by atoms with Crippen molar-refractivity contribution in [3.8, 4) is 0 Å². The fourth-order valence-electron chi connectivity index (χ4n) is 1.44. The van der Waals surface area contributed by atoms with Gasteiger partial charge in [0.15, 0.2) is 15.6 Å². The van der Waals surface area contributed by atoms with Gasteiger partial charge < -0.3 is 4.74 Å². The molecule has 5 heteroatoms. The number of ether oxygens (including phenoxy) is 1. The molecule has 0 bridgehead atoms. The van der Waals surface area contributed by atoms with E-state index in [9.17, 15) is 13.2 Å². The summed E-state index contributed by atoms with van der Waals surface area (Å²) < 4.78 is 28.0. The monoisotopic (exact) mass is 242 g/mol. The van der Waals surface area contributed by atoms with Crippen LogP contribution in [0.5, 0.6) is 0 Å². The summed E-state index contributed by atoms with van der Waals surface area (Å²) in [6.45, 7) is 3.58. The molecule has 4 nitrogen and oxygen atoms in total. The van der Waals surface area contributed by atoms with Gasteiger partial charge >= 0.3 is 5.97 Å². The maximum atomic E-state index is 11.8. The first-order chi connectivity index (χ1) is 7.36. The van der Waals surface area contributed by atoms with Gasteiger partial charge in [-0.25, -0.2) is 8.42 Å². The predicted octanol–water partition coefficient (Wildman–Crippen LogP) is 1.25. The van der Waals surface area contributed by atoms with E-state index in [1.54, 1.807) is 19.1 Å². The van der Waals surface area contributed by atoms with Crippen molar-refractivity contribution in [1.82, 2.24) is 0 Å². The molecule has 0 N–H and O–H groups in total. The Kier molecular flexibility index (Phi) is 3.70. The summed E-state index contributed by atoms with van der Waals surface area (Å²) in [4.78, 5) is 11.2. The maximum Gasteiger partial charge on any atom is 0.321 e. The van der Waals surface area contributed by atoms with Gasteiger partial charge in [0, 0.05) is 0 Å². The molecule has 0 spiro atoms. The minimum absolute atomic E-state index is 0.184. The molecular formula is C11H14O4S. The number of carbonyl (C=O) groups is 1. The number of methoxy groups -OCH3 is 1. The van der Waals surface area contributed by atoms with Gasteiger partial charge in [-0.3, -0.25) is 4.79 Å². The standard InChI is InChI=1S/C11H14O4S/c1-8-4-5-10(9(2)6-8)16(13,14)7-11(12)15-3/h4-6H,7H2,1-3H3. The van der Waals surface area contributed by atoms with Crippen LogP contribution in [0, 0.1) is 13.8 Å². The van der Waals surface area contributed by atoms with Crippen LogP contribution in [0.4, 0.5) is 0 Å². The van der Waals surface area contributed by atoms with Gasteiger partial charge in [0.05, 0.1) is 12.0 Å². The van der Waals surface area contributed by atoms with Gasteiger partial charge in [-0.1, -0.05) is 17.7 Å². The molecule has 1 aromatic rings. The van der Waals surface area contributed by atoms with Gasteiger partial charge in [0.1, 0.15) is 0 Å². The molecule has 0 aliphatic heterocycles. The topological polar surface area (TPSA) is 60.4 Å². The lowest BCUT2D eigenvalue weighted by Gasteiger charge is -2.07. The summed E-state index contributed by atoms with van der Waals surface area (Å²) in [6, 6.07) is 4.99. The van der Waals surface area contributed by atoms with Crippen LogP contribution in [-0.2, 0) is 19.4 Å². The van der Waals surface area contributed by atoms with Crippen molar-refractivity contribution in [3.63, 3.8) is 0 Å². The molecule has 0 heterocycles. The molecule has 0 radical (unpaired) electrons. The highest BCUT2D eigenvalue weighted by Crippen LogP contribution is 2.17. The molecule has 1 rings (SSSR count). The SMILES string of the molecule is COC(=O)CS(=O)(=O)c1ccc(C)cc1C. The van der Waals surface area contributed by atoms with E-state index in [0.717, 1.165) is 5.56 Å². The summed E-state index contributed by atoms with van der Waals surface area (Å²) in [5, 5.41) is 0. The van der Waals surface area contributed by atoms with Crippen molar-refractivity contribution in [1.29, 1.82) is 0 Å². The summed E-state index contributed by atoms with van der Waals surface area (Å²) in [6.07, 6.45) is 0. The van der Waals surface area contributed by atoms with Crippen molar-refractivity contribution in [2.24, 2.45) is 0 Å². The summed E-state index contributed by atoms with van der Waals surface area (Å²) in [5.74, 6) is -1.37. The van der Waals surface area contributed by atoms with Crippen LogP contribution in [0.2, 0.25) is 0 Å². The molecule has 0 saturated carbocycles. The third-order valence-corrected chi connectivity index (χ3v) is 3.94. The molecule has 16 heavy (non-hydrogen) atoms. The number of sulfone groups is 1. The van der Waals surface area contributed by atoms with Crippen molar-refractivity contribution in [3.05, 3.63) is 29.3 Å². The second-order valence-electron chi connectivity index (χ2n) is 3.60. The van der Waals surface area contributed by atoms with Gasteiger partial charge in [-0.2, -0.15) is 0 Å². The minimum atomic E-state index is -3.59.